The van der Waals surface area contributed by atoms with Crippen molar-refractivity contribution in [2.24, 2.45) is 0 Å². The first-order valence-electron chi connectivity index (χ1n) is 8.84. The molecule has 1 saturated heterocycles. The number of hydrogen-bond acceptors (Lipinski definition) is 7. The molecule has 1 aliphatic heterocycles. The van der Waals surface area contributed by atoms with Gasteiger partial charge < -0.3 is 30.5 Å². The van der Waals surface area contributed by atoms with Crippen molar-refractivity contribution in [3.8, 4) is 5.88 Å². The average Bonchev–Trinajstić information content (AvgIpc) is 2.74. The molecule has 1 fully saturated rings. The molecule has 148 valence electrons. The first-order chi connectivity index (χ1) is 13.7. The summed E-state index contributed by atoms with van der Waals surface area (Å²) in [5, 5.41) is 8.55. The molecule has 3 heterocycles. The van der Waals surface area contributed by atoms with E-state index in [0.29, 0.717) is 50.0 Å². The molecule has 10 heteroatoms. The average molecular weight is 385 g/mol. The number of nitrogens with zero attached hydrogens (tertiary/aromatic N) is 4. The lowest BCUT2D eigenvalue weighted by molar-refractivity contribution is -0.105. The first kappa shape index (κ1) is 19.2. The second-order valence-corrected chi connectivity index (χ2v) is 6.06. The van der Waals surface area contributed by atoms with Gasteiger partial charge in [-0.2, -0.15) is 0 Å². The number of urea groups is 1. The van der Waals surface area contributed by atoms with Crippen molar-refractivity contribution in [3.63, 3.8) is 0 Å². The first-order valence-corrected chi connectivity index (χ1v) is 8.84. The molecule has 0 aliphatic carbocycles. The van der Waals surface area contributed by atoms with Gasteiger partial charge >= 0.3 is 6.03 Å². The number of piperazine rings is 1. The molecule has 0 unspecified atom stereocenters. The van der Waals surface area contributed by atoms with E-state index in [9.17, 15) is 9.59 Å². The summed E-state index contributed by atoms with van der Waals surface area (Å²) in [6.07, 6.45) is 3.83. The highest BCUT2D eigenvalue weighted by Crippen LogP contribution is 2.31. The van der Waals surface area contributed by atoms with Crippen LogP contribution in [0, 0.1) is 0 Å². The molecule has 2 aromatic rings. The summed E-state index contributed by atoms with van der Waals surface area (Å²) in [5.74, 6) is 0.918. The second kappa shape index (κ2) is 8.89. The number of carbonyl (C=O) groups excluding carboxylic acids is 2. The highest BCUT2D eigenvalue weighted by molar-refractivity contribution is 5.90. The van der Waals surface area contributed by atoms with Gasteiger partial charge in [0.2, 0.25) is 12.3 Å². The van der Waals surface area contributed by atoms with Crippen molar-refractivity contribution in [3.05, 3.63) is 30.6 Å². The number of nitrogens with one attached hydrogen (secondary N) is 3. The summed E-state index contributed by atoms with van der Waals surface area (Å²) in [5.41, 5.74) is 2.31. The summed E-state index contributed by atoms with van der Waals surface area (Å²) >= 11 is 0. The number of aromatic nitrogens is 2. The van der Waals surface area contributed by atoms with Gasteiger partial charge in [0.1, 0.15) is 5.69 Å². The van der Waals surface area contributed by atoms with E-state index in [2.05, 4.69) is 30.8 Å². The molecule has 0 bridgehead atoms. The largest absolute Gasteiger partial charge is 0.481 e. The fourth-order valence-electron chi connectivity index (χ4n) is 3.08. The molecule has 2 aromatic heterocycles. The molecule has 28 heavy (non-hydrogen) atoms. The van der Waals surface area contributed by atoms with E-state index in [0.717, 1.165) is 11.4 Å². The van der Waals surface area contributed by atoms with Crippen molar-refractivity contribution in [2.75, 3.05) is 61.2 Å². The molecule has 3 rings (SSSR count). The van der Waals surface area contributed by atoms with Gasteiger partial charge in [-0.15, -0.1) is 0 Å². The van der Waals surface area contributed by atoms with E-state index in [1.165, 1.54) is 7.11 Å². The molecule has 0 spiro atoms. The Bertz CT molecular complexity index is 838. The van der Waals surface area contributed by atoms with Gasteiger partial charge in [0.05, 0.1) is 12.8 Å². The maximum atomic E-state index is 12.5. The van der Waals surface area contributed by atoms with Gasteiger partial charge in [-0.05, 0) is 12.1 Å². The van der Waals surface area contributed by atoms with Gasteiger partial charge in [0, 0.05) is 57.4 Å². The number of methoxy groups -OCH3 is 1. The molecule has 0 atom stereocenters. The molecule has 3 N–H and O–H groups in total. The third-order valence-electron chi connectivity index (χ3n) is 4.48. The van der Waals surface area contributed by atoms with Crippen LogP contribution in [-0.4, -0.2) is 67.6 Å². The number of anilines is 4. The van der Waals surface area contributed by atoms with Gasteiger partial charge in [-0.3, -0.25) is 4.79 Å². The fraction of sp³-hybridized carbons (Fsp3) is 0.333. The van der Waals surface area contributed by atoms with E-state index >= 15 is 0 Å². The van der Waals surface area contributed by atoms with E-state index in [1.54, 1.807) is 36.5 Å². The van der Waals surface area contributed by atoms with Gasteiger partial charge in [0.25, 0.3) is 0 Å². The highest BCUT2D eigenvalue weighted by Gasteiger charge is 2.23. The lowest BCUT2D eigenvalue weighted by atomic mass is 10.2. The maximum absolute atomic E-state index is 12.5. The number of pyridine rings is 2. The lowest BCUT2D eigenvalue weighted by Gasteiger charge is -2.37. The lowest BCUT2D eigenvalue weighted by Crippen LogP contribution is -2.50. The Hall–Kier alpha value is -3.56. The molecule has 0 aromatic carbocycles. The smallest absolute Gasteiger partial charge is 0.321 e. The molecular weight excluding hydrogens is 362 g/mol. The number of rotatable bonds is 6. The Kier molecular flexibility index (Phi) is 6.10. The molecule has 10 nitrogen and oxygen atoms in total. The minimum Gasteiger partial charge on any atom is -0.481 e. The van der Waals surface area contributed by atoms with E-state index in [4.69, 9.17) is 4.74 Å². The van der Waals surface area contributed by atoms with Crippen LogP contribution < -0.4 is 25.6 Å². The van der Waals surface area contributed by atoms with Crippen molar-refractivity contribution in [1.29, 1.82) is 0 Å². The van der Waals surface area contributed by atoms with Crippen LogP contribution >= 0.6 is 0 Å². The van der Waals surface area contributed by atoms with Crippen molar-refractivity contribution in [2.45, 2.75) is 0 Å². The zero-order valence-corrected chi connectivity index (χ0v) is 15.8. The van der Waals surface area contributed by atoms with Crippen LogP contribution in [0.25, 0.3) is 0 Å². The summed E-state index contributed by atoms with van der Waals surface area (Å²) in [6, 6.07) is 5.11. The third kappa shape index (κ3) is 4.22. The van der Waals surface area contributed by atoms with Crippen LogP contribution in [0.4, 0.5) is 27.7 Å². The van der Waals surface area contributed by atoms with E-state index in [-0.39, 0.29) is 6.03 Å². The summed E-state index contributed by atoms with van der Waals surface area (Å²) < 4.78 is 5.07. The Labute approximate surface area is 162 Å². The second-order valence-electron chi connectivity index (χ2n) is 6.06. The van der Waals surface area contributed by atoms with Crippen molar-refractivity contribution >= 4 is 35.3 Å². The summed E-state index contributed by atoms with van der Waals surface area (Å²) in [7, 11) is 3.31. The molecule has 3 amide bonds. The van der Waals surface area contributed by atoms with Crippen LogP contribution in [-0.2, 0) is 4.79 Å². The number of carbonyl (C=O) groups is 2. The topological polar surface area (TPSA) is 112 Å². The Morgan fingerprint density at radius 2 is 1.93 bits per heavy atom. The minimum absolute atomic E-state index is 0.167. The SMILES string of the molecule is CNc1c(N2CCN(C(=O)Nc3ccnc(OC)c3)CC2)ccnc1NC=O. The summed E-state index contributed by atoms with van der Waals surface area (Å²) in [6.45, 7) is 2.45. The Morgan fingerprint density at radius 3 is 2.61 bits per heavy atom. The predicted octanol–water partition coefficient (Wildman–Crippen LogP) is 1.45. The van der Waals surface area contributed by atoms with E-state index < -0.39 is 0 Å². The molecule has 0 radical (unpaired) electrons. The van der Waals surface area contributed by atoms with Crippen LogP contribution in [0.1, 0.15) is 0 Å². The standard InChI is InChI=1S/C18H23N7O3/c1-19-16-14(4-6-21-17(16)22-12-26)24-7-9-25(10-8-24)18(27)23-13-3-5-20-15(11-13)28-2/h3-6,11-12,19H,7-10H2,1-2H3,(H,20,23,27)(H,21,22,26). The van der Waals surface area contributed by atoms with Crippen LogP contribution in [0.3, 0.4) is 0 Å². The zero-order chi connectivity index (χ0) is 19.9. The summed E-state index contributed by atoms with van der Waals surface area (Å²) in [4.78, 5) is 35.4. The monoisotopic (exact) mass is 385 g/mol. The van der Waals surface area contributed by atoms with E-state index in [1.807, 2.05) is 6.07 Å². The molecular formula is C18H23N7O3. The fourth-order valence-corrected chi connectivity index (χ4v) is 3.08. The highest BCUT2D eigenvalue weighted by atomic mass is 16.5. The van der Waals surface area contributed by atoms with Crippen molar-refractivity contribution in [1.82, 2.24) is 14.9 Å². The normalized spacial score (nSPS) is 13.6. The third-order valence-corrected chi connectivity index (χ3v) is 4.48. The Balaban J connectivity index is 1.63. The van der Waals surface area contributed by atoms with Crippen LogP contribution in [0.15, 0.2) is 30.6 Å². The van der Waals surface area contributed by atoms with Gasteiger partial charge in [0.15, 0.2) is 5.82 Å². The van der Waals surface area contributed by atoms with Crippen LogP contribution in [0.5, 0.6) is 5.88 Å². The Morgan fingerprint density at radius 1 is 1.18 bits per heavy atom. The van der Waals surface area contributed by atoms with Gasteiger partial charge in [-0.1, -0.05) is 0 Å². The van der Waals surface area contributed by atoms with Crippen molar-refractivity contribution < 1.29 is 14.3 Å². The number of amides is 3. The number of ether oxygens (including phenoxy) is 1. The zero-order valence-electron chi connectivity index (χ0n) is 15.8. The quantitative estimate of drug-likeness (QED) is 0.645. The van der Waals surface area contributed by atoms with Crippen LogP contribution in [0.2, 0.25) is 0 Å². The molecule has 1 aliphatic rings. The number of hydrogen-bond donors (Lipinski definition) is 3. The van der Waals surface area contributed by atoms with Gasteiger partial charge in [-0.25, -0.2) is 14.8 Å². The minimum atomic E-state index is -0.167. The predicted molar refractivity (Wildman–Crippen MR) is 107 cm³/mol. The maximum Gasteiger partial charge on any atom is 0.321 e. The molecule has 0 saturated carbocycles.